The predicted molar refractivity (Wildman–Crippen MR) is 74.5 cm³/mol. The molecule has 1 aromatic carbocycles. The first-order valence-electron chi connectivity index (χ1n) is 6.50. The summed E-state index contributed by atoms with van der Waals surface area (Å²) < 4.78 is 13.5. The summed E-state index contributed by atoms with van der Waals surface area (Å²) >= 11 is 0. The lowest BCUT2D eigenvalue weighted by molar-refractivity contribution is 0.0697. The lowest BCUT2D eigenvalue weighted by atomic mass is 10.2. The number of carboxylic acids is 1. The molecule has 0 aromatic heterocycles. The van der Waals surface area contributed by atoms with Gasteiger partial charge in [0.05, 0.1) is 11.3 Å². The summed E-state index contributed by atoms with van der Waals surface area (Å²) in [6.45, 7) is 2.63. The molecule has 20 heavy (non-hydrogen) atoms. The number of benzene rings is 1. The number of aromatic carboxylic acids is 1. The van der Waals surface area contributed by atoms with Gasteiger partial charge in [-0.2, -0.15) is 0 Å². The molecule has 0 radical (unpaired) electrons. The van der Waals surface area contributed by atoms with Crippen LogP contribution in [0.25, 0.3) is 0 Å². The molecule has 0 saturated carbocycles. The molecule has 2 N–H and O–H groups in total. The van der Waals surface area contributed by atoms with E-state index in [4.69, 9.17) is 5.11 Å². The van der Waals surface area contributed by atoms with Crippen molar-refractivity contribution >= 4 is 17.7 Å². The number of anilines is 1. The number of urea groups is 1. The number of carbonyl (C=O) groups excluding carboxylic acids is 1. The number of hydrogen-bond donors (Lipinski definition) is 2. The van der Waals surface area contributed by atoms with Crippen molar-refractivity contribution in [2.24, 2.45) is 0 Å². The summed E-state index contributed by atoms with van der Waals surface area (Å²) in [5.74, 6) is -1.83. The normalized spacial score (nSPS) is 10.2. The minimum atomic E-state index is -1.17. The van der Waals surface area contributed by atoms with Gasteiger partial charge in [-0.3, -0.25) is 0 Å². The molecule has 2 amide bonds. The summed E-state index contributed by atoms with van der Waals surface area (Å²) in [5.41, 5.74) is -0.201. The van der Waals surface area contributed by atoms with E-state index in [-0.39, 0.29) is 11.3 Å². The van der Waals surface area contributed by atoms with Crippen LogP contribution in [-0.4, -0.2) is 35.6 Å². The highest BCUT2D eigenvalue weighted by Gasteiger charge is 2.13. The monoisotopic (exact) mass is 282 g/mol. The second-order valence-electron chi connectivity index (χ2n) is 4.56. The Morgan fingerprint density at radius 3 is 2.65 bits per heavy atom. The number of nitrogens with one attached hydrogen (secondary N) is 1. The lowest BCUT2D eigenvalue weighted by Gasteiger charge is -2.18. The van der Waals surface area contributed by atoms with Crippen molar-refractivity contribution in [1.29, 1.82) is 0 Å². The van der Waals surface area contributed by atoms with E-state index in [1.54, 1.807) is 7.05 Å². The average molecular weight is 282 g/mol. The molecule has 6 heteroatoms. The van der Waals surface area contributed by atoms with E-state index >= 15 is 0 Å². The fourth-order valence-corrected chi connectivity index (χ4v) is 1.67. The number of amides is 2. The zero-order valence-corrected chi connectivity index (χ0v) is 11.6. The van der Waals surface area contributed by atoms with E-state index in [1.807, 2.05) is 0 Å². The highest BCUT2D eigenvalue weighted by Crippen LogP contribution is 2.16. The van der Waals surface area contributed by atoms with Crippen LogP contribution in [0.3, 0.4) is 0 Å². The van der Waals surface area contributed by atoms with Gasteiger partial charge in [0.15, 0.2) is 0 Å². The van der Waals surface area contributed by atoms with Gasteiger partial charge in [-0.1, -0.05) is 19.8 Å². The number of nitrogens with zero attached hydrogens (tertiary/aromatic N) is 1. The number of hydrogen-bond acceptors (Lipinski definition) is 2. The lowest BCUT2D eigenvalue weighted by Crippen LogP contribution is -2.32. The molecular weight excluding hydrogens is 263 g/mol. The van der Waals surface area contributed by atoms with Crippen LogP contribution in [0, 0.1) is 5.82 Å². The Morgan fingerprint density at radius 1 is 1.35 bits per heavy atom. The van der Waals surface area contributed by atoms with E-state index in [0.29, 0.717) is 6.54 Å². The van der Waals surface area contributed by atoms with Crippen molar-refractivity contribution in [3.63, 3.8) is 0 Å². The molecule has 0 saturated heterocycles. The Balaban J connectivity index is 2.69. The summed E-state index contributed by atoms with van der Waals surface area (Å²) in [7, 11) is 1.62. The zero-order valence-electron chi connectivity index (χ0n) is 11.6. The van der Waals surface area contributed by atoms with Crippen molar-refractivity contribution in [2.45, 2.75) is 26.2 Å². The summed E-state index contributed by atoms with van der Waals surface area (Å²) in [5, 5.41) is 11.2. The quantitative estimate of drug-likeness (QED) is 0.787. The Hall–Kier alpha value is -2.11. The molecule has 0 fully saturated rings. The van der Waals surface area contributed by atoms with Gasteiger partial charge in [-0.15, -0.1) is 0 Å². The van der Waals surface area contributed by atoms with Crippen LogP contribution in [0.1, 0.15) is 36.5 Å². The SMILES string of the molecule is CCCCCN(C)C(=O)Nc1cc(C(=O)O)ccc1F. The molecule has 0 bridgehead atoms. The Kier molecular flexibility index (Phi) is 5.96. The maximum Gasteiger partial charge on any atom is 0.335 e. The molecule has 1 aromatic rings. The third-order valence-corrected chi connectivity index (χ3v) is 2.90. The third kappa shape index (κ3) is 4.53. The zero-order chi connectivity index (χ0) is 15.1. The van der Waals surface area contributed by atoms with E-state index in [0.717, 1.165) is 37.5 Å². The Morgan fingerprint density at radius 2 is 2.05 bits per heavy atom. The standard InChI is InChI=1S/C14H19FN2O3/c1-3-4-5-8-17(2)14(20)16-12-9-10(13(18)19)6-7-11(12)15/h6-7,9H,3-5,8H2,1-2H3,(H,16,20)(H,18,19). The molecule has 110 valence electrons. The van der Waals surface area contributed by atoms with Gasteiger partial charge < -0.3 is 15.3 Å². The van der Waals surface area contributed by atoms with Gasteiger partial charge in [0.2, 0.25) is 0 Å². The van der Waals surface area contributed by atoms with Crippen LogP contribution in [0.2, 0.25) is 0 Å². The minimum absolute atomic E-state index is 0.0738. The van der Waals surface area contributed by atoms with E-state index in [1.165, 1.54) is 4.90 Å². The fourth-order valence-electron chi connectivity index (χ4n) is 1.67. The molecule has 0 atom stereocenters. The third-order valence-electron chi connectivity index (χ3n) is 2.90. The van der Waals surface area contributed by atoms with Crippen LogP contribution < -0.4 is 5.32 Å². The van der Waals surface area contributed by atoms with Crippen molar-refractivity contribution < 1.29 is 19.1 Å². The largest absolute Gasteiger partial charge is 0.478 e. The first-order valence-corrected chi connectivity index (χ1v) is 6.50. The summed E-state index contributed by atoms with van der Waals surface area (Å²) in [6, 6.07) is 2.83. The maximum atomic E-state index is 13.5. The van der Waals surface area contributed by atoms with Gasteiger partial charge in [-0.05, 0) is 24.6 Å². The minimum Gasteiger partial charge on any atom is -0.478 e. The second-order valence-corrected chi connectivity index (χ2v) is 4.56. The van der Waals surface area contributed by atoms with Crippen LogP contribution in [0.4, 0.5) is 14.9 Å². The number of rotatable bonds is 6. The molecule has 1 rings (SSSR count). The van der Waals surface area contributed by atoms with Gasteiger partial charge in [0.1, 0.15) is 5.82 Å². The molecule has 0 unspecified atom stereocenters. The number of unbranched alkanes of at least 4 members (excludes halogenated alkanes) is 2. The van der Waals surface area contributed by atoms with Crippen LogP contribution in [0.15, 0.2) is 18.2 Å². The maximum absolute atomic E-state index is 13.5. The van der Waals surface area contributed by atoms with E-state index < -0.39 is 17.8 Å². The smallest absolute Gasteiger partial charge is 0.335 e. The first-order chi connectivity index (χ1) is 9.45. The topological polar surface area (TPSA) is 69.6 Å². The molecule has 0 aliphatic carbocycles. The molecule has 0 heterocycles. The van der Waals surface area contributed by atoms with Crippen molar-refractivity contribution in [1.82, 2.24) is 4.90 Å². The number of halogens is 1. The predicted octanol–water partition coefficient (Wildman–Crippen LogP) is 3.18. The Bertz CT molecular complexity index is 491. The first kappa shape index (κ1) is 15.9. The van der Waals surface area contributed by atoms with Crippen LogP contribution in [-0.2, 0) is 0 Å². The average Bonchev–Trinajstić information content (AvgIpc) is 2.41. The molecule has 5 nitrogen and oxygen atoms in total. The highest BCUT2D eigenvalue weighted by molar-refractivity contribution is 5.93. The van der Waals surface area contributed by atoms with Crippen LogP contribution >= 0.6 is 0 Å². The second kappa shape index (κ2) is 7.47. The highest BCUT2D eigenvalue weighted by atomic mass is 19.1. The summed E-state index contributed by atoms with van der Waals surface area (Å²) in [4.78, 5) is 24.1. The molecule has 0 aliphatic rings. The molecule has 0 spiro atoms. The van der Waals surface area contributed by atoms with Crippen molar-refractivity contribution in [3.05, 3.63) is 29.6 Å². The molecule has 0 aliphatic heterocycles. The van der Waals surface area contributed by atoms with Crippen LogP contribution in [0.5, 0.6) is 0 Å². The summed E-state index contributed by atoms with van der Waals surface area (Å²) in [6.07, 6.45) is 2.93. The van der Waals surface area contributed by atoms with Gasteiger partial charge in [-0.25, -0.2) is 14.0 Å². The van der Waals surface area contributed by atoms with Crippen molar-refractivity contribution in [2.75, 3.05) is 18.9 Å². The van der Waals surface area contributed by atoms with Crippen molar-refractivity contribution in [3.8, 4) is 0 Å². The van der Waals surface area contributed by atoms with Gasteiger partial charge in [0, 0.05) is 13.6 Å². The fraction of sp³-hybridized carbons (Fsp3) is 0.429. The van der Waals surface area contributed by atoms with Gasteiger partial charge >= 0.3 is 12.0 Å². The van der Waals surface area contributed by atoms with E-state index in [2.05, 4.69) is 12.2 Å². The Labute approximate surface area is 117 Å². The van der Waals surface area contributed by atoms with E-state index in [9.17, 15) is 14.0 Å². The number of carboxylic acid groups (broad SMARTS) is 1. The van der Waals surface area contributed by atoms with Gasteiger partial charge in [0.25, 0.3) is 0 Å². The number of carbonyl (C=O) groups is 2. The molecular formula is C14H19FN2O3.